The first-order chi connectivity index (χ1) is 18.2. The van der Waals surface area contributed by atoms with Gasteiger partial charge < -0.3 is 4.74 Å². The number of halogens is 7. The molecule has 0 saturated heterocycles. The van der Waals surface area contributed by atoms with Gasteiger partial charge >= 0.3 is 6.61 Å². The van der Waals surface area contributed by atoms with Crippen LogP contribution in [0.25, 0.3) is 21.9 Å². The van der Waals surface area contributed by atoms with Crippen molar-refractivity contribution in [2.75, 3.05) is 0 Å². The Morgan fingerprint density at radius 1 is 0.684 bits per heavy atom. The average Bonchev–Trinajstić information content (AvgIpc) is 2.85. The SMILES string of the molecule is CCCCCc1cc(F)c(-c2ccc3c(F)c(CCc4cc(F)c(OC(F)F)c(F)c4)ccc3c2)c(F)c1. The van der Waals surface area contributed by atoms with E-state index in [2.05, 4.69) is 4.74 Å². The standard InChI is InChI=1S/C30H25F7O/c1-2-3-4-5-17-12-23(31)27(24(32)13-17)21-10-11-22-20(16-21)9-8-19(28(22)35)7-6-18-14-25(33)29(26(34)15-18)38-30(36)37/h8-16,30H,2-7H2,1H3. The Bertz CT molecular complexity index is 1400. The summed E-state index contributed by atoms with van der Waals surface area (Å²) in [6.45, 7) is -1.33. The van der Waals surface area contributed by atoms with Gasteiger partial charge in [-0.15, -0.1) is 0 Å². The molecular weight excluding hydrogens is 509 g/mol. The Balaban J connectivity index is 1.55. The fraction of sp³-hybridized carbons (Fsp3) is 0.267. The van der Waals surface area contributed by atoms with Crippen molar-refractivity contribution in [3.8, 4) is 16.9 Å². The highest BCUT2D eigenvalue weighted by Gasteiger charge is 2.18. The molecule has 8 heteroatoms. The third-order valence-corrected chi connectivity index (χ3v) is 6.44. The van der Waals surface area contributed by atoms with E-state index in [9.17, 15) is 26.3 Å². The summed E-state index contributed by atoms with van der Waals surface area (Å²) in [5.74, 6) is -5.66. The van der Waals surface area contributed by atoms with Crippen LogP contribution in [0.3, 0.4) is 0 Å². The molecule has 0 unspecified atom stereocenters. The molecule has 38 heavy (non-hydrogen) atoms. The van der Waals surface area contributed by atoms with E-state index in [1.165, 1.54) is 36.4 Å². The maximum absolute atomic E-state index is 15.2. The topological polar surface area (TPSA) is 9.23 Å². The number of hydrogen-bond acceptors (Lipinski definition) is 1. The van der Waals surface area contributed by atoms with Crippen molar-refractivity contribution in [2.24, 2.45) is 0 Å². The molecule has 0 aliphatic carbocycles. The van der Waals surface area contributed by atoms with Gasteiger partial charge in [0.1, 0.15) is 17.5 Å². The Labute approximate surface area is 215 Å². The molecule has 4 rings (SSSR count). The molecule has 0 N–H and O–H groups in total. The molecule has 0 fully saturated rings. The summed E-state index contributed by atoms with van der Waals surface area (Å²) in [7, 11) is 0. The molecule has 0 heterocycles. The van der Waals surface area contributed by atoms with E-state index in [-0.39, 0.29) is 40.5 Å². The van der Waals surface area contributed by atoms with Gasteiger partial charge in [0.15, 0.2) is 17.4 Å². The van der Waals surface area contributed by atoms with E-state index in [4.69, 9.17) is 0 Å². The quantitative estimate of drug-likeness (QED) is 0.146. The van der Waals surface area contributed by atoms with Gasteiger partial charge in [-0.1, -0.05) is 44.0 Å². The first-order valence-corrected chi connectivity index (χ1v) is 12.3. The van der Waals surface area contributed by atoms with E-state index in [0.29, 0.717) is 17.4 Å². The fourth-order valence-electron chi connectivity index (χ4n) is 4.55. The minimum atomic E-state index is -3.38. The van der Waals surface area contributed by atoms with Crippen molar-refractivity contribution in [1.82, 2.24) is 0 Å². The lowest BCUT2D eigenvalue weighted by Crippen LogP contribution is -2.06. The number of unbranched alkanes of at least 4 members (excludes halogenated alkanes) is 2. The van der Waals surface area contributed by atoms with Gasteiger partial charge in [0.2, 0.25) is 0 Å². The van der Waals surface area contributed by atoms with E-state index < -0.39 is 41.4 Å². The second kappa shape index (κ2) is 11.9. The second-order valence-electron chi connectivity index (χ2n) is 9.13. The zero-order valence-electron chi connectivity index (χ0n) is 20.6. The summed E-state index contributed by atoms with van der Waals surface area (Å²) in [6, 6.07) is 11.9. The fourth-order valence-corrected chi connectivity index (χ4v) is 4.55. The molecule has 0 aliphatic heterocycles. The van der Waals surface area contributed by atoms with Crippen LogP contribution in [-0.4, -0.2) is 6.61 Å². The molecule has 0 amide bonds. The van der Waals surface area contributed by atoms with Crippen molar-refractivity contribution < 1.29 is 35.5 Å². The van der Waals surface area contributed by atoms with Crippen LogP contribution in [-0.2, 0) is 19.3 Å². The van der Waals surface area contributed by atoms with Crippen molar-refractivity contribution in [1.29, 1.82) is 0 Å². The third kappa shape index (κ3) is 6.11. The molecule has 0 aliphatic rings. The minimum Gasteiger partial charge on any atom is -0.429 e. The molecular formula is C30H25F7O. The third-order valence-electron chi connectivity index (χ3n) is 6.44. The number of benzene rings is 4. The normalized spacial score (nSPS) is 11.5. The molecule has 1 nitrogen and oxygen atoms in total. The lowest BCUT2D eigenvalue weighted by molar-refractivity contribution is -0.0546. The summed E-state index contributed by atoms with van der Waals surface area (Å²) in [6.07, 6.45) is 3.50. The zero-order chi connectivity index (χ0) is 27.4. The van der Waals surface area contributed by atoms with Crippen LogP contribution in [0.1, 0.15) is 42.9 Å². The van der Waals surface area contributed by atoms with Crippen LogP contribution in [0.2, 0.25) is 0 Å². The minimum absolute atomic E-state index is 0.0321. The van der Waals surface area contributed by atoms with Crippen LogP contribution in [0.5, 0.6) is 5.75 Å². The van der Waals surface area contributed by atoms with Crippen molar-refractivity contribution in [3.05, 3.63) is 100 Å². The molecule has 0 bridgehead atoms. The van der Waals surface area contributed by atoms with Crippen molar-refractivity contribution >= 4 is 10.8 Å². The summed E-state index contributed by atoms with van der Waals surface area (Å²) >= 11 is 0. The highest BCUT2D eigenvalue weighted by molar-refractivity contribution is 5.88. The first-order valence-electron chi connectivity index (χ1n) is 12.3. The first kappa shape index (κ1) is 27.5. The van der Waals surface area contributed by atoms with Crippen molar-refractivity contribution in [2.45, 2.75) is 52.1 Å². The number of rotatable bonds is 10. The molecule has 0 spiro atoms. The molecule has 200 valence electrons. The van der Waals surface area contributed by atoms with Gasteiger partial charge in [0, 0.05) is 5.39 Å². The second-order valence-corrected chi connectivity index (χ2v) is 9.13. The highest BCUT2D eigenvalue weighted by Crippen LogP contribution is 2.32. The Morgan fingerprint density at radius 2 is 1.32 bits per heavy atom. The Kier molecular flexibility index (Phi) is 8.59. The van der Waals surface area contributed by atoms with Crippen LogP contribution < -0.4 is 4.74 Å². The highest BCUT2D eigenvalue weighted by atomic mass is 19.3. The molecule has 0 atom stereocenters. The average molecular weight is 535 g/mol. The number of aryl methyl sites for hydroxylation is 3. The predicted molar refractivity (Wildman–Crippen MR) is 133 cm³/mol. The van der Waals surface area contributed by atoms with E-state index in [1.54, 1.807) is 6.07 Å². The number of fused-ring (bicyclic) bond motifs is 1. The zero-order valence-corrected chi connectivity index (χ0v) is 20.6. The summed E-state index contributed by atoms with van der Waals surface area (Å²) in [5.41, 5.74) is 1.08. The molecule has 0 radical (unpaired) electrons. The molecule has 4 aromatic rings. The number of alkyl halides is 2. The monoisotopic (exact) mass is 534 g/mol. The van der Waals surface area contributed by atoms with Gasteiger partial charge in [-0.25, -0.2) is 22.0 Å². The molecule has 0 saturated carbocycles. The lowest BCUT2D eigenvalue weighted by Gasteiger charge is -2.12. The van der Waals surface area contributed by atoms with E-state index >= 15 is 4.39 Å². The smallest absolute Gasteiger partial charge is 0.387 e. The summed E-state index contributed by atoms with van der Waals surface area (Å²) in [5, 5.41) is 0.654. The van der Waals surface area contributed by atoms with Gasteiger partial charge in [-0.2, -0.15) is 8.78 Å². The lowest BCUT2D eigenvalue weighted by atomic mass is 9.95. The Morgan fingerprint density at radius 3 is 1.95 bits per heavy atom. The van der Waals surface area contributed by atoms with E-state index in [1.807, 2.05) is 6.92 Å². The summed E-state index contributed by atoms with van der Waals surface area (Å²) in [4.78, 5) is 0. The maximum atomic E-state index is 15.2. The van der Waals surface area contributed by atoms with Crippen molar-refractivity contribution in [3.63, 3.8) is 0 Å². The largest absolute Gasteiger partial charge is 0.429 e. The van der Waals surface area contributed by atoms with Gasteiger partial charge in [-0.05, 0) is 83.7 Å². The molecule has 4 aromatic carbocycles. The predicted octanol–water partition coefficient (Wildman–Crippen LogP) is 9.32. The van der Waals surface area contributed by atoms with E-state index in [0.717, 1.165) is 31.4 Å². The van der Waals surface area contributed by atoms with Crippen LogP contribution in [0.4, 0.5) is 30.7 Å². The van der Waals surface area contributed by atoms with Gasteiger partial charge in [0.25, 0.3) is 0 Å². The Hall–Kier alpha value is -3.55. The number of hydrogen-bond donors (Lipinski definition) is 0. The summed E-state index contributed by atoms with van der Waals surface area (Å²) < 4.78 is 101. The van der Waals surface area contributed by atoms with Crippen LogP contribution in [0.15, 0.2) is 54.6 Å². The van der Waals surface area contributed by atoms with Crippen LogP contribution >= 0.6 is 0 Å². The van der Waals surface area contributed by atoms with Gasteiger partial charge in [0.05, 0.1) is 5.56 Å². The van der Waals surface area contributed by atoms with Crippen LogP contribution in [0, 0.1) is 29.1 Å². The van der Waals surface area contributed by atoms with Gasteiger partial charge in [-0.3, -0.25) is 0 Å². The molecule has 0 aromatic heterocycles. The maximum Gasteiger partial charge on any atom is 0.387 e. The number of ether oxygens (including phenoxy) is 1.